The van der Waals surface area contributed by atoms with Crippen molar-refractivity contribution in [1.29, 1.82) is 0 Å². The van der Waals surface area contributed by atoms with Crippen LogP contribution in [0.2, 0.25) is 0 Å². The molecule has 0 bridgehead atoms. The van der Waals surface area contributed by atoms with E-state index in [2.05, 4.69) is 10.0 Å². The summed E-state index contributed by atoms with van der Waals surface area (Å²) in [5.41, 5.74) is -0.464. The Kier molecular flexibility index (Phi) is 7.40. The van der Waals surface area contributed by atoms with Crippen molar-refractivity contribution in [1.82, 2.24) is 10.0 Å². The van der Waals surface area contributed by atoms with Crippen LogP contribution in [0.1, 0.15) is 20.8 Å². The van der Waals surface area contributed by atoms with E-state index in [1.165, 1.54) is 26.4 Å². The Morgan fingerprint density at radius 2 is 1.77 bits per heavy atom. The van der Waals surface area contributed by atoms with Crippen LogP contribution in [0.4, 0.5) is 0 Å². The number of esters is 1. The molecule has 1 amide bonds. The number of benzene rings is 1. The molecule has 10 heteroatoms. The molecule has 2 N–H and O–H groups in total. The molecule has 0 saturated heterocycles. The van der Waals surface area contributed by atoms with Gasteiger partial charge in [-0.1, -0.05) is 0 Å². The van der Waals surface area contributed by atoms with Crippen molar-refractivity contribution in [2.24, 2.45) is 0 Å². The first-order valence-electron chi connectivity index (χ1n) is 7.67. The topological polar surface area (TPSA) is 120 Å². The van der Waals surface area contributed by atoms with Crippen LogP contribution in [0.15, 0.2) is 23.1 Å². The van der Waals surface area contributed by atoms with E-state index in [0.29, 0.717) is 5.75 Å². The summed E-state index contributed by atoms with van der Waals surface area (Å²) in [6, 6.07) is 4.24. The van der Waals surface area contributed by atoms with Gasteiger partial charge in [-0.05, 0) is 32.9 Å². The summed E-state index contributed by atoms with van der Waals surface area (Å²) in [6.07, 6.45) is 0. The molecule has 146 valence electrons. The Hall–Kier alpha value is -2.33. The lowest BCUT2D eigenvalue weighted by molar-refractivity contribution is -0.147. The van der Waals surface area contributed by atoms with E-state index in [0.717, 1.165) is 0 Å². The quantitative estimate of drug-likeness (QED) is 0.620. The molecule has 0 fully saturated rings. The minimum Gasteiger partial charge on any atom is -0.497 e. The van der Waals surface area contributed by atoms with Gasteiger partial charge in [-0.3, -0.25) is 9.59 Å². The summed E-state index contributed by atoms with van der Waals surface area (Å²) < 4.78 is 41.6. The number of hydrogen-bond acceptors (Lipinski definition) is 7. The molecule has 0 heterocycles. The Labute approximate surface area is 153 Å². The van der Waals surface area contributed by atoms with E-state index in [-0.39, 0.29) is 10.6 Å². The maximum Gasteiger partial charge on any atom is 0.321 e. The zero-order valence-corrected chi connectivity index (χ0v) is 16.2. The predicted molar refractivity (Wildman–Crippen MR) is 93.6 cm³/mol. The smallest absolute Gasteiger partial charge is 0.321 e. The molecule has 0 aromatic heterocycles. The van der Waals surface area contributed by atoms with Crippen LogP contribution in [0, 0.1) is 0 Å². The van der Waals surface area contributed by atoms with Crippen LogP contribution in [0.25, 0.3) is 0 Å². The molecule has 0 aliphatic carbocycles. The summed E-state index contributed by atoms with van der Waals surface area (Å²) in [5, 5.41) is 2.62. The van der Waals surface area contributed by atoms with E-state index in [1.807, 2.05) is 0 Å². The largest absolute Gasteiger partial charge is 0.497 e. The minimum atomic E-state index is -4.05. The molecule has 0 saturated carbocycles. The molecular formula is C16H24N2O7S. The summed E-state index contributed by atoms with van der Waals surface area (Å²) in [7, 11) is -1.34. The predicted octanol–water partition coefficient (Wildman–Crippen LogP) is 0.440. The van der Waals surface area contributed by atoms with E-state index >= 15 is 0 Å². The molecule has 0 aliphatic heterocycles. The van der Waals surface area contributed by atoms with E-state index in [9.17, 15) is 18.0 Å². The second kappa shape index (κ2) is 8.86. The highest BCUT2D eigenvalue weighted by atomic mass is 32.2. The van der Waals surface area contributed by atoms with Crippen molar-refractivity contribution in [2.45, 2.75) is 31.2 Å². The van der Waals surface area contributed by atoms with Gasteiger partial charge >= 0.3 is 5.97 Å². The van der Waals surface area contributed by atoms with Gasteiger partial charge in [-0.15, -0.1) is 0 Å². The Balaban J connectivity index is 2.68. The fourth-order valence-corrected chi connectivity index (χ4v) is 3.03. The summed E-state index contributed by atoms with van der Waals surface area (Å²) in [6.45, 7) is 4.21. The maximum absolute atomic E-state index is 12.4. The van der Waals surface area contributed by atoms with Gasteiger partial charge < -0.3 is 19.5 Å². The number of hydrogen-bond donors (Lipinski definition) is 2. The Morgan fingerprint density at radius 1 is 1.12 bits per heavy atom. The number of carbonyl (C=O) groups excluding carboxylic acids is 2. The highest BCUT2D eigenvalue weighted by Crippen LogP contribution is 2.27. The van der Waals surface area contributed by atoms with Crippen molar-refractivity contribution < 1.29 is 32.2 Å². The number of ether oxygens (including phenoxy) is 3. The lowest BCUT2D eigenvalue weighted by Gasteiger charge is -2.20. The van der Waals surface area contributed by atoms with Crippen LogP contribution in [-0.4, -0.2) is 53.2 Å². The van der Waals surface area contributed by atoms with Gasteiger partial charge in [0.15, 0.2) is 6.61 Å². The van der Waals surface area contributed by atoms with Gasteiger partial charge in [0.2, 0.25) is 10.0 Å². The lowest BCUT2D eigenvalue weighted by atomic mass is 10.1. The highest BCUT2D eigenvalue weighted by Gasteiger charge is 2.22. The normalized spacial score (nSPS) is 11.6. The molecular weight excluding hydrogens is 364 g/mol. The number of nitrogens with one attached hydrogen (secondary N) is 2. The zero-order valence-electron chi connectivity index (χ0n) is 15.4. The molecule has 0 atom stereocenters. The van der Waals surface area contributed by atoms with Crippen molar-refractivity contribution in [3.63, 3.8) is 0 Å². The van der Waals surface area contributed by atoms with Crippen molar-refractivity contribution in [2.75, 3.05) is 27.4 Å². The van der Waals surface area contributed by atoms with Crippen LogP contribution < -0.4 is 19.5 Å². The molecule has 0 unspecified atom stereocenters. The Morgan fingerprint density at radius 3 is 2.31 bits per heavy atom. The first-order valence-corrected chi connectivity index (χ1v) is 9.15. The average molecular weight is 388 g/mol. The van der Waals surface area contributed by atoms with Gasteiger partial charge in [-0.2, -0.15) is 4.72 Å². The SMILES string of the molecule is COc1ccc(OC)c(S(=O)(=O)NCC(=O)OCC(=O)NC(C)(C)C)c1. The fourth-order valence-electron chi connectivity index (χ4n) is 1.88. The van der Waals surface area contributed by atoms with E-state index in [4.69, 9.17) is 14.2 Å². The second-order valence-electron chi connectivity index (χ2n) is 6.30. The zero-order chi connectivity index (χ0) is 20.0. The second-order valence-corrected chi connectivity index (χ2v) is 8.04. The third-order valence-corrected chi connectivity index (χ3v) is 4.37. The lowest BCUT2D eigenvalue weighted by Crippen LogP contribution is -2.43. The van der Waals surface area contributed by atoms with Gasteiger partial charge in [0.05, 0.1) is 14.2 Å². The van der Waals surface area contributed by atoms with Gasteiger partial charge in [-0.25, -0.2) is 8.42 Å². The maximum atomic E-state index is 12.4. The molecule has 1 rings (SSSR count). The summed E-state index contributed by atoms with van der Waals surface area (Å²) >= 11 is 0. The number of carbonyl (C=O) groups is 2. The van der Waals surface area contributed by atoms with Crippen molar-refractivity contribution in [3.8, 4) is 11.5 Å². The number of rotatable bonds is 8. The van der Waals surface area contributed by atoms with Gasteiger partial charge in [0.1, 0.15) is 22.9 Å². The van der Waals surface area contributed by atoms with Crippen LogP contribution in [-0.2, 0) is 24.3 Å². The van der Waals surface area contributed by atoms with E-state index < -0.39 is 40.6 Å². The third-order valence-electron chi connectivity index (χ3n) is 2.95. The number of sulfonamides is 1. The van der Waals surface area contributed by atoms with Crippen LogP contribution >= 0.6 is 0 Å². The molecule has 9 nitrogen and oxygen atoms in total. The monoisotopic (exact) mass is 388 g/mol. The standard InChI is InChI=1S/C16H24N2O7S/c1-16(2,3)18-14(19)10-25-15(20)9-17-26(21,22)13-8-11(23-4)6-7-12(13)24-5/h6-8,17H,9-10H2,1-5H3,(H,18,19). The third kappa shape index (κ3) is 6.89. The number of methoxy groups -OCH3 is 2. The first kappa shape index (κ1) is 21.7. The molecule has 1 aromatic rings. The highest BCUT2D eigenvalue weighted by molar-refractivity contribution is 7.89. The fraction of sp³-hybridized carbons (Fsp3) is 0.500. The Bertz CT molecular complexity index is 754. The van der Waals surface area contributed by atoms with Gasteiger partial charge in [0, 0.05) is 11.6 Å². The first-order chi connectivity index (χ1) is 12.0. The molecule has 1 aromatic carbocycles. The van der Waals surface area contributed by atoms with Crippen LogP contribution in [0.5, 0.6) is 11.5 Å². The molecule has 0 radical (unpaired) electrons. The van der Waals surface area contributed by atoms with E-state index in [1.54, 1.807) is 26.8 Å². The van der Waals surface area contributed by atoms with Crippen molar-refractivity contribution in [3.05, 3.63) is 18.2 Å². The minimum absolute atomic E-state index is 0.0937. The van der Waals surface area contributed by atoms with Crippen molar-refractivity contribution >= 4 is 21.9 Å². The summed E-state index contributed by atoms with van der Waals surface area (Å²) in [5.74, 6) is -0.966. The molecule has 26 heavy (non-hydrogen) atoms. The average Bonchev–Trinajstić information content (AvgIpc) is 2.56. The summed E-state index contributed by atoms with van der Waals surface area (Å²) in [4.78, 5) is 23.1. The molecule has 0 aliphatic rings. The van der Waals surface area contributed by atoms with Crippen LogP contribution in [0.3, 0.4) is 0 Å². The molecule has 0 spiro atoms. The number of amides is 1. The van der Waals surface area contributed by atoms with Gasteiger partial charge in [0.25, 0.3) is 5.91 Å².